The van der Waals surface area contributed by atoms with Gasteiger partial charge >= 0.3 is 0 Å². The van der Waals surface area contributed by atoms with E-state index < -0.39 is 0 Å². The lowest BCUT2D eigenvalue weighted by molar-refractivity contribution is 0.361. The van der Waals surface area contributed by atoms with Gasteiger partial charge in [0, 0.05) is 13.6 Å². The first-order valence-electron chi connectivity index (χ1n) is 5.51. The summed E-state index contributed by atoms with van der Waals surface area (Å²) in [5.41, 5.74) is 6.86. The van der Waals surface area contributed by atoms with E-state index in [-0.39, 0.29) is 6.04 Å². The van der Waals surface area contributed by atoms with Crippen molar-refractivity contribution in [2.24, 2.45) is 5.73 Å². The molecule has 17 heavy (non-hydrogen) atoms. The van der Waals surface area contributed by atoms with Crippen LogP contribution in [-0.4, -0.2) is 17.2 Å². The van der Waals surface area contributed by atoms with Crippen molar-refractivity contribution in [1.82, 2.24) is 10.1 Å². The van der Waals surface area contributed by atoms with Crippen LogP contribution in [-0.2, 0) is 6.54 Å². The third-order valence-electron chi connectivity index (χ3n) is 2.42. The van der Waals surface area contributed by atoms with Gasteiger partial charge in [0.05, 0.1) is 6.04 Å². The van der Waals surface area contributed by atoms with Gasteiger partial charge in [0.2, 0.25) is 5.89 Å². The van der Waals surface area contributed by atoms with Gasteiger partial charge in [-0.15, -0.1) is 0 Å². The second kappa shape index (κ2) is 4.97. The topological polar surface area (TPSA) is 68.2 Å². The molecule has 2 rings (SSSR count). The Labute approximate surface area is 100 Å². The summed E-state index contributed by atoms with van der Waals surface area (Å²) in [4.78, 5) is 6.15. The van der Waals surface area contributed by atoms with E-state index in [1.165, 1.54) is 5.56 Å². The Balaban J connectivity index is 2.07. The van der Waals surface area contributed by atoms with Crippen molar-refractivity contribution in [2.75, 3.05) is 11.9 Å². The van der Waals surface area contributed by atoms with Crippen molar-refractivity contribution < 1.29 is 4.52 Å². The summed E-state index contributed by atoms with van der Waals surface area (Å²) in [6, 6.07) is 9.89. The smallest absolute Gasteiger partial charge is 0.266 e. The number of nitrogens with two attached hydrogens (primary N) is 1. The molecule has 0 aliphatic heterocycles. The zero-order chi connectivity index (χ0) is 12.3. The van der Waals surface area contributed by atoms with Crippen LogP contribution in [0.15, 0.2) is 34.9 Å². The molecule has 5 nitrogen and oxygen atoms in total. The molecule has 2 aromatic rings. The van der Waals surface area contributed by atoms with Crippen LogP contribution in [0.4, 0.5) is 5.95 Å². The van der Waals surface area contributed by atoms with Crippen LogP contribution in [0.1, 0.15) is 24.4 Å². The second-order valence-corrected chi connectivity index (χ2v) is 4.06. The lowest BCUT2D eigenvalue weighted by Gasteiger charge is -2.13. The first-order valence-corrected chi connectivity index (χ1v) is 5.51. The Morgan fingerprint density at radius 1 is 1.35 bits per heavy atom. The van der Waals surface area contributed by atoms with Crippen molar-refractivity contribution >= 4 is 5.95 Å². The van der Waals surface area contributed by atoms with E-state index >= 15 is 0 Å². The average molecular weight is 232 g/mol. The van der Waals surface area contributed by atoms with Crippen molar-refractivity contribution in [1.29, 1.82) is 0 Å². The van der Waals surface area contributed by atoms with E-state index in [2.05, 4.69) is 22.3 Å². The van der Waals surface area contributed by atoms with Gasteiger partial charge in [-0.3, -0.25) is 0 Å². The molecule has 0 amide bonds. The Morgan fingerprint density at radius 3 is 2.65 bits per heavy atom. The summed E-state index contributed by atoms with van der Waals surface area (Å²) >= 11 is 0. The van der Waals surface area contributed by atoms with E-state index in [4.69, 9.17) is 10.3 Å². The van der Waals surface area contributed by atoms with Gasteiger partial charge in [0.15, 0.2) is 0 Å². The Morgan fingerprint density at radius 2 is 2.06 bits per heavy atom. The van der Waals surface area contributed by atoms with Gasteiger partial charge in [0.25, 0.3) is 5.95 Å². The summed E-state index contributed by atoms with van der Waals surface area (Å²) < 4.78 is 5.06. The normalized spacial score (nSPS) is 12.4. The first-order chi connectivity index (χ1) is 8.16. The molecular formula is C12H16N4O. The van der Waals surface area contributed by atoms with E-state index in [1.54, 1.807) is 0 Å². The molecule has 0 saturated heterocycles. The monoisotopic (exact) mass is 232 g/mol. The second-order valence-electron chi connectivity index (χ2n) is 4.06. The highest BCUT2D eigenvalue weighted by Gasteiger charge is 2.13. The van der Waals surface area contributed by atoms with Gasteiger partial charge in [-0.05, 0) is 17.6 Å². The number of benzene rings is 1. The standard InChI is InChI=1S/C12H16N4O/c1-9(13)11-14-12(15-17-11)16(2)8-10-6-4-3-5-7-10/h3-7,9H,8,13H2,1-2H3/t9-/m0/s1. The molecular weight excluding hydrogens is 216 g/mol. The Hall–Kier alpha value is -1.88. The van der Waals surface area contributed by atoms with E-state index in [1.807, 2.05) is 37.1 Å². The van der Waals surface area contributed by atoms with E-state index in [0.717, 1.165) is 6.54 Å². The van der Waals surface area contributed by atoms with Crippen LogP contribution in [0.5, 0.6) is 0 Å². The molecule has 0 radical (unpaired) electrons. The van der Waals surface area contributed by atoms with Gasteiger partial charge in [-0.2, -0.15) is 4.98 Å². The van der Waals surface area contributed by atoms with Crippen molar-refractivity contribution in [3.05, 3.63) is 41.8 Å². The molecule has 0 saturated carbocycles. The van der Waals surface area contributed by atoms with Crippen LogP contribution in [0.3, 0.4) is 0 Å². The number of rotatable bonds is 4. The predicted octanol–water partition coefficient (Wildman–Crippen LogP) is 1.73. The fourth-order valence-electron chi connectivity index (χ4n) is 1.49. The molecule has 0 fully saturated rings. The molecule has 0 unspecified atom stereocenters. The minimum absolute atomic E-state index is 0.235. The minimum Gasteiger partial charge on any atom is -0.337 e. The van der Waals surface area contributed by atoms with Crippen molar-refractivity contribution in [3.63, 3.8) is 0 Å². The van der Waals surface area contributed by atoms with Crippen molar-refractivity contribution in [3.8, 4) is 0 Å². The maximum Gasteiger partial charge on any atom is 0.266 e. The molecule has 0 spiro atoms. The van der Waals surface area contributed by atoms with Crippen LogP contribution in [0.25, 0.3) is 0 Å². The molecule has 1 aromatic heterocycles. The molecule has 0 bridgehead atoms. The molecule has 1 atom stereocenters. The maximum atomic E-state index is 5.66. The average Bonchev–Trinajstić information content (AvgIpc) is 2.79. The lowest BCUT2D eigenvalue weighted by atomic mass is 10.2. The van der Waals surface area contributed by atoms with Gasteiger partial charge in [-0.1, -0.05) is 30.3 Å². The first kappa shape index (κ1) is 11.6. The summed E-state index contributed by atoms with van der Waals surface area (Å²) in [6.45, 7) is 2.55. The fraction of sp³-hybridized carbons (Fsp3) is 0.333. The molecule has 1 heterocycles. The summed E-state index contributed by atoms with van der Waals surface area (Å²) in [7, 11) is 1.92. The van der Waals surface area contributed by atoms with E-state index in [9.17, 15) is 0 Å². The molecule has 0 aliphatic carbocycles. The van der Waals surface area contributed by atoms with Crippen molar-refractivity contribution in [2.45, 2.75) is 19.5 Å². The van der Waals surface area contributed by atoms with E-state index in [0.29, 0.717) is 11.8 Å². The molecule has 5 heteroatoms. The number of nitrogens with zero attached hydrogens (tertiary/aromatic N) is 3. The lowest BCUT2D eigenvalue weighted by Crippen LogP contribution is -2.18. The third-order valence-corrected chi connectivity index (χ3v) is 2.42. The zero-order valence-electron chi connectivity index (χ0n) is 10.00. The number of hydrogen-bond acceptors (Lipinski definition) is 5. The Kier molecular flexibility index (Phi) is 3.39. The van der Waals surface area contributed by atoms with Crippen LogP contribution < -0.4 is 10.6 Å². The van der Waals surface area contributed by atoms with Crippen LogP contribution >= 0.6 is 0 Å². The highest BCUT2D eigenvalue weighted by molar-refractivity contribution is 5.29. The Bertz CT molecular complexity index is 466. The number of aromatic nitrogens is 2. The molecule has 2 N–H and O–H groups in total. The third kappa shape index (κ3) is 2.82. The number of hydrogen-bond donors (Lipinski definition) is 1. The maximum absolute atomic E-state index is 5.66. The quantitative estimate of drug-likeness (QED) is 0.869. The zero-order valence-corrected chi connectivity index (χ0v) is 10.00. The van der Waals surface area contributed by atoms with Crippen LogP contribution in [0.2, 0.25) is 0 Å². The molecule has 90 valence electrons. The highest BCUT2D eigenvalue weighted by atomic mass is 16.5. The minimum atomic E-state index is -0.235. The predicted molar refractivity (Wildman–Crippen MR) is 65.4 cm³/mol. The SMILES string of the molecule is C[C@H](N)c1nc(N(C)Cc2ccccc2)no1. The van der Waals surface area contributed by atoms with Gasteiger partial charge in [-0.25, -0.2) is 0 Å². The molecule has 0 aliphatic rings. The molecule has 1 aromatic carbocycles. The highest BCUT2D eigenvalue weighted by Crippen LogP contribution is 2.14. The largest absolute Gasteiger partial charge is 0.337 e. The fourth-order valence-corrected chi connectivity index (χ4v) is 1.49. The summed E-state index contributed by atoms with van der Waals surface area (Å²) in [5, 5.41) is 3.89. The van der Waals surface area contributed by atoms with Crippen LogP contribution in [0, 0.1) is 0 Å². The summed E-state index contributed by atoms with van der Waals surface area (Å²) in [6.07, 6.45) is 0. The summed E-state index contributed by atoms with van der Waals surface area (Å²) in [5.74, 6) is 1.01. The van der Waals surface area contributed by atoms with Gasteiger partial charge < -0.3 is 15.2 Å². The van der Waals surface area contributed by atoms with Gasteiger partial charge in [0.1, 0.15) is 0 Å². The number of anilines is 1.